The molecular weight excluding hydrogens is 488 g/mol. The van der Waals surface area contributed by atoms with Crippen molar-refractivity contribution in [2.24, 2.45) is 5.10 Å². The summed E-state index contributed by atoms with van der Waals surface area (Å²) in [6.07, 6.45) is 1.89. The van der Waals surface area contributed by atoms with Gasteiger partial charge in [-0.25, -0.2) is 5.43 Å². The number of amides is 1. The standard InChI is InChI=1S/C26H20BrClN2O2/c27-21-10-5-18(6-11-21)15-26(31)30-29-16-24-23-4-2-1-3-20(23)9-14-25(24)32-17-19-7-12-22(28)13-8-19/h1-14,16H,15,17H2,(H,30,31)/b29-16+. The number of carbonyl (C=O) groups is 1. The third-order valence-electron chi connectivity index (χ3n) is 4.90. The number of hydrazone groups is 1. The van der Waals surface area contributed by atoms with Gasteiger partial charge >= 0.3 is 0 Å². The van der Waals surface area contributed by atoms with E-state index >= 15 is 0 Å². The fourth-order valence-electron chi connectivity index (χ4n) is 3.27. The molecule has 4 aromatic carbocycles. The molecule has 0 heterocycles. The van der Waals surface area contributed by atoms with E-state index in [1.165, 1.54) is 0 Å². The second-order valence-electron chi connectivity index (χ2n) is 7.21. The van der Waals surface area contributed by atoms with E-state index in [0.717, 1.165) is 31.9 Å². The maximum Gasteiger partial charge on any atom is 0.244 e. The smallest absolute Gasteiger partial charge is 0.244 e. The van der Waals surface area contributed by atoms with Gasteiger partial charge in [0, 0.05) is 15.1 Å². The number of ether oxygens (including phenoxy) is 1. The van der Waals surface area contributed by atoms with Crippen LogP contribution in [0.4, 0.5) is 0 Å². The monoisotopic (exact) mass is 506 g/mol. The molecule has 0 aliphatic heterocycles. The molecule has 0 aliphatic carbocycles. The minimum absolute atomic E-state index is 0.188. The third kappa shape index (κ3) is 5.75. The molecule has 0 radical (unpaired) electrons. The first-order valence-electron chi connectivity index (χ1n) is 10.0. The van der Waals surface area contributed by atoms with E-state index in [1.807, 2.05) is 84.9 Å². The lowest BCUT2D eigenvalue weighted by molar-refractivity contribution is -0.120. The Morgan fingerprint density at radius 2 is 1.66 bits per heavy atom. The maximum atomic E-state index is 12.3. The first-order valence-corrected chi connectivity index (χ1v) is 11.2. The van der Waals surface area contributed by atoms with Gasteiger partial charge in [0.25, 0.3) is 0 Å². The van der Waals surface area contributed by atoms with Gasteiger partial charge in [0.1, 0.15) is 12.4 Å². The molecule has 32 heavy (non-hydrogen) atoms. The lowest BCUT2D eigenvalue weighted by Crippen LogP contribution is -2.19. The summed E-state index contributed by atoms with van der Waals surface area (Å²) in [7, 11) is 0. The van der Waals surface area contributed by atoms with E-state index in [2.05, 4.69) is 26.5 Å². The number of rotatable bonds is 7. The lowest BCUT2D eigenvalue weighted by Gasteiger charge is -2.12. The summed E-state index contributed by atoms with van der Waals surface area (Å²) in [6, 6.07) is 27.1. The fourth-order valence-corrected chi connectivity index (χ4v) is 3.66. The van der Waals surface area contributed by atoms with Crippen molar-refractivity contribution in [2.75, 3.05) is 0 Å². The van der Waals surface area contributed by atoms with E-state index in [1.54, 1.807) is 6.21 Å². The normalized spacial score (nSPS) is 11.1. The molecule has 6 heteroatoms. The Bertz CT molecular complexity index is 1260. The Balaban J connectivity index is 1.51. The van der Waals surface area contributed by atoms with Crippen LogP contribution >= 0.6 is 27.5 Å². The third-order valence-corrected chi connectivity index (χ3v) is 5.68. The number of hydrogen-bond acceptors (Lipinski definition) is 3. The van der Waals surface area contributed by atoms with Crippen molar-refractivity contribution >= 4 is 50.4 Å². The van der Waals surface area contributed by atoms with Gasteiger partial charge in [-0.05, 0) is 52.2 Å². The average Bonchev–Trinajstić information content (AvgIpc) is 2.81. The van der Waals surface area contributed by atoms with Crippen LogP contribution in [0.25, 0.3) is 10.8 Å². The van der Waals surface area contributed by atoms with Crippen molar-refractivity contribution in [2.45, 2.75) is 13.0 Å². The summed E-state index contributed by atoms with van der Waals surface area (Å²) in [5.41, 5.74) is 5.34. The molecule has 0 spiro atoms. The van der Waals surface area contributed by atoms with Crippen LogP contribution in [0.15, 0.2) is 94.5 Å². The van der Waals surface area contributed by atoms with E-state index in [4.69, 9.17) is 16.3 Å². The molecule has 0 unspecified atom stereocenters. The number of halogens is 2. The zero-order valence-corrected chi connectivity index (χ0v) is 19.4. The highest BCUT2D eigenvalue weighted by Gasteiger charge is 2.08. The minimum Gasteiger partial charge on any atom is -0.488 e. The van der Waals surface area contributed by atoms with Gasteiger partial charge < -0.3 is 4.74 Å². The molecule has 0 atom stereocenters. The predicted molar refractivity (Wildman–Crippen MR) is 133 cm³/mol. The van der Waals surface area contributed by atoms with E-state index in [0.29, 0.717) is 17.4 Å². The zero-order chi connectivity index (χ0) is 22.3. The highest BCUT2D eigenvalue weighted by Crippen LogP contribution is 2.27. The van der Waals surface area contributed by atoms with E-state index in [-0.39, 0.29) is 12.3 Å². The van der Waals surface area contributed by atoms with Gasteiger partial charge in [-0.3, -0.25) is 4.79 Å². The Hall–Kier alpha value is -3.15. The van der Waals surface area contributed by atoms with Crippen molar-refractivity contribution in [1.29, 1.82) is 0 Å². The SMILES string of the molecule is O=C(Cc1ccc(Br)cc1)N/N=C/c1c(OCc2ccc(Cl)cc2)ccc2ccccc12. The molecule has 4 nitrogen and oxygen atoms in total. The predicted octanol–water partition coefficient (Wildman–Crippen LogP) is 6.53. The summed E-state index contributed by atoms with van der Waals surface area (Å²) >= 11 is 9.36. The Morgan fingerprint density at radius 3 is 2.44 bits per heavy atom. The molecule has 4 aromatic rings. The van der Waals surface area contributed by atoms with Gasteiger partial charge in [0.2, 0.25) is 5.91 Å². The van der Waals surface area contributed by atoms with Gasteiger partial charge in [-0.15, -0.1) is 0 Å². The molecular formula is C26H20BrClN2O2. The van der Waals surface area contributed by atoms with Crippen LogP contribution in [0.5, 0.6) is 5.75 Å². The van der Waals surface area contributed by atoms with E-state index in [9.17, 15) is 4.79 Å². The van der Waals surface area contributed by atoms with Crippen molar-refractivity contribution in [3.05, 3.63) is 111 Å². The number of nitrogens with one attached hydrogen (secondary N) is 1. The Morgan fingerprint density at radius 1 is 0.938 bits per heavy atom. The lowest BCUT2D eigenvalue weighted by atomic mass is 10.0. The second kappa shape index (κ2) is 10.4. The zero-order valence-electron chi connectivity index (χ0n) is 17.1. The highest BCUT2D eigenvalue weighted by atomic mass is 79.9. The van der Waals surface area contributed by atoms with Gasteiger partial charge in [-0.2, -0.15) is 5.10 Å². The van der Waals surface area contributed by atoms with Crippen molar-refractivity contribution in [3.8, 4) is 5.75 Å². The average molecular weight is 508 g/mol. The molecule has 160 valence electrons. The van der Waals surface area contributed by atoms with Crippen LogP contribution in [-0.4, -0.2) is 12.1 Å². The number of hydrogen-bond donors (Lipinski definition) is 1. The van der Waals surface area contributed by atoms with Gasteiger partial charge in [0.05, 0.1) is 12.6 Å². The topological polar surface area (TPSA) is 50.7 Å². The molecule has 1 amide bonds. The largest absolute Gasteiger partial charge is 0.488 e. The van der Waals surface area contributed by atoms with Crippen LogP contribution in [-0.2, 0) is 17.8 Å². The quantitative estimate of drug-likeness (QED) is 0.228. The van der Waals surface area contributed by atoms with Crippen LogP contribution < -0.4 is 10.2 Å². The van der Waals surface area contributed by atoms with Crippen LogP contribution in [0.1, 0.15) is 16.7 Å². The number of fused-ring (bicyclic) bond motifs is 1. The number of nitrogens with zero attached hydrogens (tertiary/aromatic N) is 1. The Kier molecular flexibility index (Phi) is 7.20. The molecule has 4 rings (SSSR count). The van der Waals surface area contributed by atoms with Crippen molar-refractivity contribution in [3.63, 3.8) is 0 Å². The van der Waals surface area contributed by atoms with Crippen LogP contribution in [0, 0.1) is 0 Å². The molecule has 1 N–H and O–H groups in total. The summed E-state index contributed by atoms with van der Waals surface area (Å²) in [5, 5.41) is 6.94. The van der Waals surface area contributed by atoms with Crippen molar-refractivity contribution < 1.29 is 9.53 Å². The molecule has 0 aromatic heterocycles. The summed E-state index contributed by atoms with van der Waals surface area (Å²) in [5.74, 6) is 0.497. The molecule has 0 fully saturated rings. The minimum atomic E-state index is -0.188. The molecule has 0 aliphatic rings. The first kappa shape index (κ1) is 22.1. The summed E-state index contributed by atoms with van der Waals surface area (Å²) in [6.45, 7) is 0.395. The van der Waals surface area contributed by atoms with Gasteiger partial charge in [-0.1, -0.05) is 82.1 Å². The summed E-state index contributed by atoms with van der Waals surface area (Å²) < 4.78 is 7.06. The maximum absolute atomic E-state index is 12.3. The van der Waals surface area contributed by atoms with Crippen LogP contribution in [0.2, 0.25) is 5.02 Å². The molecule has 0 saturated carbocycles. The fraction of sp³-hybridized carbons (Fsp3) is 0.0769. The molecule has 0 bridgehead atoms. The van der Waals surface area contributed by atoms with Crippen molar-refractivity contribution in [1.82, 2.24) is 5.43 Å². The number of benzene rings is 4. The van der Waals surface area contributed by atoms with E-state index < -0.39 is 0 Å². The number of carbonyl (C=O) groups excluding carboxylic acids is 1. The second-order valence-corrected chi connectivity index (χ2v) is 8.56. The van der Waals surface area contributed by atoms with Crippen LogP contribution in [0.3, 0.4) is 0 Å². The van der Waals surface area contributed by atoms with Gasteiger partial charge in [0.15, 0.2) is 0 Å². The Labute approximate surface area is 200 Å². The molecule has 0 saturated heterocycles. The highest BCUT2D eigenvalue weighted by molar-refractivity contribution is 9.10. The first-order chi connectivity index (χ1) is 15.6. The summed E-state index contributed by atoms with van der Waals surface area (Å²) in [4.78, 5) is 12.3.